The average molecular weight is 529 g/mol. The number of hydrogen-bond donors (Lipinski definition) is 0. The molecule has 2 aromatic carbocycles. The summed E-state index contributed by atoms with van der Waals surface area (Å²) in [6.07, 6.45) is 11.2. The molecule has 0 unspecified atom stereocenters. The Morgan fingerprint density at radius 2 is 1.32 bits per heavy atom. The van der Waals surface area contributed by atoms with Crippen molar-refractivity contribution in [2.24, 2.45) is 0 Å². The van der Waals surface area contributed by atoms with Crippen molar-refractivity contribution in [3.8, 4) is 11.5 Å². The van der Waals surface area contributed by atoms with Crippen molar-refractivity contribution >= 4 is 17.9 Å². The predicted octanol–water partition coefficient (Wildman–Crippen LogP) is 8.22. The topological polar surface area (TPSA) is 78.9 Å². The van der Waals surface area contributed by atoms with E-state index in [9.17, 15) is 18.8 Å². The minimum atomic E-state index is -0.898. The van der Waals surface area contributed by atoms with Gasteiger partial charge in [-0.2, -0.15) is 0 Å². The van der Waals surface area contributed by atoms with Gasteiger partial charge in [-0.3, -0.25) is 4.79 Å². The van der Waals surface area contributed by atoms with E-state index >= 15 is 0 Å². The Bertz CT molecular complexity index is 1010. The van der Waals surface area contributed by atoms with Gasteiger partial charge in [0.05, 0.1) is 11.1 Å². The molecule has 208 valence electrons. The van der Waals surface area contributed by atoms with Gasteiger partial charge in [-0.25, -0.2) is 14.0 Å². The standard InChI is InChI=1S/C31H41FO6/c1-4-7-8-9-10-11-12-15-29(33)36-26-20-21-27(28(32)22-26)31(35)38-25-18-16-23(17-19-25)30(34)37-24(13-5-2)14-6-3/h16-22,24H,4-15H2,1-3H3. The molecule has 0 amide bonds. The lowest BCUT2D eigenvalue weighted by Crippen LogP contribution is -2.18. The van der Waals surface area contributed by atoms with Crippen LogP contribution >= 0.6 is 0 Å². The lowest BCUT2D eigenvalue weighted by atomic mass is 10.1. The van der Waals surface area contributed by atoms with Gasteiger partial charge in [-0.1, -0.05) is 72.1 Å². The smallest absolute Gasteiger partial charge is 0.346 e. The molecular weight excluding hydrogens is 487 g/mol. The van der Waals surface area contributed by atoms with Crippen LogP contribution < -0.4 is 9.47 Å². The van der Waals surface area contributed by atoms with Gasteiger partial charge in [0.15, 0.2) is 0 Å². The quantitative estimate of drug-likeness (QED) is 0.117. The van der Waals surface area contributed by atoms with Crippen molar-refractivity contribution in [1.29, 1.82) is 0 Å². The zero-order valence-electron chi connectivity index (χ0n) is 22.9. The molecule has 0 atom stereocenters. The van der Waals surface area contributed by atoms with E-state index in [1.165, 1.54) is 62.1 Å². The number of carbonyl (C=O) groups excluding carboxylic acids is 3. The van der Waals surface area contributed by atoms with Crippen molar-refractivity contribution in [1.82, 2.24) is 0 Å². The molecule has 0 aliphatic heterocycles. The summed E-state index contributed by atoms with van der Waals surface area (Å²) < 4.78 is 30.6. The average Bonchev–Trinajstić information content (AvgIpc) is 2.89. The van der Waals surface area contributed by atoms with Crippen molar-refractivity contribution in [2.45, 2.75) is 104 Å². The highest BCUT2D eigenvalue weighted by Crippen LogP contribution is 2.21. The van der Waals surface area contributed by atoms with E-state index in [0.717, 1.165) is 51.0 Å². The molecule has 0 radical (unpaired) electrons. The Labute approximate surface area is 225 Å². The van der Waals surface area contributed by atoms with Crippen LogP contribution in [0.3, 0.4) is 0 Å². The molecule has 2 aromatic rings. The van der Waals surface area contributed by atoms with E-state index < -0.39 is 23.7 Å². The molecular formula is C31H41FO6. The Morgan fingerprint density at radius 1 is 0.711 bits per heavy atom. The molecule has 0 fully saturated rings. The van der Waals surface area contributed by atoms with Crippen LogP contribution in [-0.2, 0) is 9.53 Å². The second-order valence-electron chi connectivity index (χ2n) is 9.51. The van der Waals surface area contributed by atoms with E-state index in [-0.39, 0.29) is 29.6 Å². The molecule has 2 rings (SSSR count). The maximum atomic E-state index is 14.6. The molecule has 0 N–H and O–H groups in total. The monoisotopic (exact) mass is 528 g/mol. The van der Waals surface area contributed by atoms with Gasteiger partial charge < -0.3 is 14.2 Å². The van der Waals surface area contributed by atoms with Gasteiger partial charge in [0.25, 0.3) is 0 Å². The number of halogens is 1. The third-order valence-electron chi connectivity index (χ3n) is 6.17. The summed E-state index contributed by atoms with van der Waals surface area (Å²) in [5.74, 6) is -2.41. The maximum Gasteiger partial charge on any atom is 0.346 e. The Balaban J connectivity index is 1.85. The van der Waals surface area contributed by atoms with Crippen LogP contribution in [0.5, 0.6) is 11.5 Å². The van der Waals surface area contributed by atoms with Crippen molar-refractivity contribution in [3.05, 3.63) is 59.4 Å². The summed E-state index contributed by atoms with van der Waals surface area (Å²) in [6, 6.07) is 9.52. The van der Waals surface area contributed by atoms with Crippen LogP contribution in [0.25, 0.3) is 0 Å². The zero-order valence-corrected chi connectivity index (χ0v) is 22.9. The summed E-state index contributed by atoms with van der Waals surface area (Å²) in [5, 5.41) is 0. The Kier molecular flexibility index (Phi) is 14.1. The lowest BCUT2D eigenvalue weighted by Gasteiger charge is -2.16. The van der Waals surface area contributed by atoms with E-state index in [0.29, 0.717) is 5.56 Å². The number of ether oxygens (including phenoxy) is 3. The third kappa shape index (κ3) is 11.0. The fourth-order valence-electron chi connectivity index (χ4n) is 4.08. The highest BCUT2D eigenvalue weighted by Gasteiger charge is 2.18. The van der Waals surface area contributed by atoms with Gasteiger partial charge in [0, 0.05) is 12.5 Å². The van der Waals surface area contributed by atoms with E-state index in [1.54, 1.807) is 0 Å². The van der Waals surface area contributed by atoms with Crippen molar-refractivity contribution < 1.29 is 33.0 Å². The highest BCUT2D eigenvalue weighted by molar-refractivity contribution is 5.92. The fraction of sp³-hybridized carbons (Fsp3) is 0.516. The normalized spacial score (nSPS) is 10.9. The number of carbonyl (C=O) groups is 3. The minimum Gasteiger partial charge on any atom is -0.459 e. The molecule has 0 heterocycles. The number of rotatable bonds is 17. The number of unbranched alkanes of at least 4 members (excludes halogenated alkanes) is 6. The minimum absolute atomic E-state index is 0.0410. The summed E-state index contributed by atoms with van der Waals surface area (Å²) >= 11 is 0. The third-order valence-corrected chi connectivity index (χ3v) is 6.17. The summed E-state index contributed by atoms with van der Waals surface area (Å²) in [6.45, 7) is 6.26. The molecule has 0 spiro atoms. The van der Waals surface area contributed by atoms with Crippen LogP contribution in [-0.4, -0.2) is 24.0 Å². The molecule has 6 nitrogen and oxygen atoms in total. The van der Waals surface area contributed by atoms with Crippen LogP contribution in [0, 0.1) is 5.82 Å². The van der Waals surface area contributed by atoms with Crippen LogP contribution in [0.4, 0.5) is 4.39 Å². The number of hydrogen-bond acceptors (Lipinski definition) is 6. The molecule has 0 aliphatic carbocycles. The predicted molar refractivity (Wildman–Crippen MR) is 145 cm³/mol. The molecule has 0 saturated carbocycles. The summed E-state index contributed by atoms with van der Waals surface area (Å²) in [4.78, 5) is 37.0. The van der Waals surface area contributed by atoms with E-state index in [4.69, 9.17) is 14.2 Å². The van der Waals surface area contributed by atoms with E-state index in [1.807, 2.05) is 13.8 Å². The van der Waals surface area contributed by atoms with Gasteiger partial charge in [0.1, 0.15) is 23.4 Å². The first-order chi connectivity index (χ1) is 18.4. The first-order valence-corrected chi connectivity index (χ1v) is 13.9. The second-order valence-corrected chi connectivity index (χ2v) is 9.51. The lowest BCUT2D eigenvalue weighted by molar-refractivity contribution is -0.134. The van der Waals surface area contributed by atoms with Gasteiger partial charge in [-0.15, -0.1) is 0 Å². The van der Waals surface area contributed by atoms with Crippen LogP contribution in [0.15, 0.2) is 42.5 Å². The summed E-state index contributed by atoms with van der Waals surface area (Å²) in [7, 11) is 0. The first-order valence-electron chi connectivity index (χ1n) is 13.9. The maximum absolute atomic E-state index is 14.6. The van der Waals surface area contributed by atoms with Crippen LogP contribution in [0.2, 0.25) is 0 Å². The highest BCUT2D eigenvalue weighted by atomic mass is 19.1. The van der Waals surface area contributed by atoms with E-state index in [2.05, 4.69) is 6.92 Å². The molecule has 7 heteroatoms. The zero-order chi connectivity index (χ0) is 27.8. The van der Waals surface area contributed by atoms with Gasteiger partial charge >= 0.3 is 17.9 Å². The molecule has 0 aliphatic rings. The summed E-state index contributed by atoms with van der Waals surface area (Å²) in [5.41, 5.74) is 0.0539. The van der Waals surface area contributed by atoms with Crippen LogP contribution in [0.1, 0.15) is 119 Å². The Morgan fingerprint density at radius 3 is 1.92 bits per heavy atom. The largest absolute Gasteiger partial charge is 0.459 e. The second kappa shape index (κ2) is 17.3. The fourth-order valence-corrected chi connectivity index (χ4v) is 4.08. The Hall–Kier alpha value is -3.22. The molecule has 38 heavy (non-hydrogen) atoms. The number of benzene rings is 2. The molecule has 0 bridgehead atoms. The first kappa shape index (κ1) is 31.0. The van der Waals surface area contributed by atoms with Gasteiger partial charge in [0.2, 0.25) is 0 Å². The van der Waals surface area contributed by atoms with Gasteiger partial charge in [-0.05, 0) is 55.7 Å². The molecule has 0 saturated heterocycles. The SMILES string of the molecule is CCCCCCCCCC(=O)Oc1ccc(C(=O)Oc2ccc(C(=O)OC(CCC)CCC)cc2)c(F)c1. The number of esters is 3. The molecule has 0 aromatic heterocycles. The van der Waals surface area contributed by atoms with Crippen molar-refractivity contribution in [2.75, 3.05) is 0 Å². The van der Waals surface area contributed by atoms with Crippen molar-refractivity contribution in [3.63, 3.8) is 0 Å².